The molecular formula is C41H51N7O6. The standard InChI is InChI=1S/C41H51N7O6/c1-24(2)32(19-35(49)53-7)39(50)47-22-26(5)17-33(47)37-42-20-30(44-37)15-13-28-9-11-29(12-10-28)14-16-31-21-43-38(45-31)34-18-27(6)23-48(34)40(51)36(25(3)4)46-41(52)54-8/h9-12,20-21,24-27,32-34,36H,17-19,22-23H2,1-8H3,(H,42,44)(H,43,45)(H,46,52)/t26-,27-,32+,33+,34+,36+/m1/s1. The van der Waals surface area contributed by atoms with Gasteiger partial charge in [0.25, 0.3) is 0 Å². The number of nitrogens with zero attached hydrogens (tertiary/aromatic N) is 4. The third-order valence-electron chi connectivity index (χ3n) is 10.1. The minimum atomic E-state index is -0.711. The van der Waals surface area contributed by atoms with Gasteiger partial charge in [-0.1, -0.05) is 53.4 Å². The zero-order valence-corrected chi connectivity index (χ0v) is 32.4. The molecule has 54 heavy (non-hydrogen) atoms. The van der Waals surface area contributed by atoms with E-state index in [0.29, 0.717) is 42.0 Å². The highest BCUT2D eigenvalue weighted by Crippen LogP contribution is 2.37. The van der Waals surface area contributed by atoms with Crippen molar-refractivity contribution in [1.82, 2.24) is 35.1 Å². The van der Waals surface area contributed by atoms with Crippen LogP contribution in [0.4, 0.5) is 4.79 Å². The number of carbonyl (C=O) groups excluding carboxylic acids is 4. The van der Waals surface area contributed by atoms with E-state index in [0.717, 1.165) is 24.0 Å². The number of hydrogen-bond acceptors (Lipinski definition) is 8. The number of nitrogens with one attached hydrogen (secondary N) is 3. The molecular weight excluding hydrogens is 686 g/mol. The van der Waals surface area contributed by atoms with Gasteiger partial charge in [0.15, 0.2) is 0 Å². The van der Waals surface area contributed by atoms with Crippen LogP contribution in [-0.2, 0) is 23.9 Å². The predicted octanol–water partition coefficient (Wildman–Crippen LogP) is 4.97. The fourth-order valence-corrected chi connectivity index (χ4v) is 7.11. The second-order valence-corrected chi connectivity index (χ2v) is 15.1. The maximum absolute atomic E-state index is 13.6. The van der Waals surface area contributed by atoms with Crippen LogP contribution in [-0.4, -0.2) is 87.0 Å². The molecule has 2 saturated heterocycles. The van der Waals surface area contributed by atoms with Gasteiger partial charge in [0.2, 0.25) is 11.8 Å². The molecule has 6 atom stereocenters. The number of aromatic nitrogens is 4. The van der Waals surface area contributed by atoms with Crippen molar-refractivity contribution >= 4 is 23.9 Å². The number of methoxy groups -OCH3 is 2. The molecule has 2 aliphatic rings. The molecule has 13 nitrogen and oxygen atoms in total. The minimum absolute atomic E-state index is 0.0135. The molecule has 2 aromatic heterocycles. The molecule has 3 amide bonds. The number of alkyl carbamates (subject to hydrolysis) is 1. The smallest absolute Gasteiger partial charge is 0.407 e. The van der Waals surface area contributed by atoms with Gasteiger partial charge < -0.3 is 34.6 Å². The number of ether oxygens (including phenoxy) is 2. The van der Waals surface area contributed by atoms with Gasteiger partial charge in [-0.3, -0.25) is 14.4 Å². The van der Waals surface area contributed by atoms with Crippen LogP contribution < -0.4 is 5.32 Å². The van der Waals surface area contributed by atoms with E-state index < -0.39 is 24.0 Å². The van der Waals surface area contributed by atoms with E-state index in [1.807, 2.05) is 56.9 Å². The number of esters is 1. The van der Waals surface area contributed by atoms with E-state index in [9.17, 15) is 19.2 Å². The van der Waals surface area contributed by atoms with Crippen LogP contribution in [0.5, 0.6) is 0 Å². The van der Waals surface area contributed by atoms with E-state index in [-0.39, 0.29) is 48.1 Å². The van der Waals surface area contributed by atoms with Crippen LogP contribution in [0, 0.1) is 53.3 Å². The Labute approximate surface area is 317 Å². The van der Waals surface area contributed by atoms with Gasteiger partial charge in [-0.25, -0.2) is 14.8 Å². The maximum Gasteiger partial charge on any atom is 0.407 e. The van der Waals surface area contributed by atoms with Crippen molar-refractivity contribution in [3.05, 3.63) is 70.8 Å². The lowest BCUT2D eigenvalue weighted by Crippen LogP contribution is -2.51. The van der Waals surface area contributed by atoms with Gasteiger partial charge in [-0.2, -0.15) is 0 Å². The van der Waals surface area contributed by atoms with Crippen LogP contribution in [0.15, 0.2) is 36.7 Å². The number of imidazole rings is 2. The van der Waals surface area contributed by atoms with Crippen LogP contribution in [0.1, 0.15) is 107 Å². The summed E-state index contributed by atoms with van der Waals surface area (Å²) in [6.45, 7) is 13.0. The summed E-state index contributed by atoms with van der Waals surface area (Å²) in [7, 11) is 2.62. The van der Waals surface area contributed by atoms with Gasteiger partial charge >= 0.3 is 12.1 Å². The van der Waals surface area contributed by atoms with Crippen LogP contribution in [0.25, 0.3) is 0 Å². The lowest BCUT2D eigenvalue weighted by Gasteiger charge is -2.30. The second kappa shape index (κ2) is 17.5. The molecule has 0 saturated carbocycles. The molecule has 0 bridgehead atoms. The van der Waals surface area contributed by atoms with Crippen LogP contribution in [0.3, 0.4) is 0 Å². The number of rotatable bonds is 9. The van der Waals surface area contributed by atoms with E-state index in [4.69, 9.17) is 9.47 Å². The van der Waals surface area contributed by atoms with E-state index in [1.165, 1.54) is 14.2 Å². The first-order chi connectivity index (χ1) is 25.8. The highest BCUT2D eigenvalue weighted by Gasteiger charge is 2.41. The molecule has 0 aliphatic carbocycles. The monoisotopic (exact) mass is 737 g/mol. The van der Waals surface area contributed by atoms with E-state index in [2.05, 4.69) is 62.8 Å². The highest BCUT2D eigenvalue weighted by molar-refractivity contribution is 5.86. The van der Waals surface area contributed by atoms with Crippen molar-refractivity contribution in [1.29, 1.82) is 0 Å². The normalized spacial score (nSPS) is 20.5. The number of hydrogen-bond donors (Lipinski definition) is 3. The lowest BCUT2D eigenvalue weighted by atomic mass is 9.91. The quantitative estimate of drug-likeness (QED) is 0.205. The average Bonchev–Trinajstić information content (AvgIpc) is 3.97. The SMILES string of the molecule is COC(=O)C[C@H](C(=O)N1C[C@H](C)C[C@H]1c1ncc(C#Cc2ccc(C#Cc3cnc([C@@H]4C[C@@H](C)CN4C(=O)[C@@H](NC(=O)OC)C(C)C)[nH]3)cc2)[nH]1)C(C)C. The Kier molecular flexibility index (Phi) is 12.9. The Morgan fingerprint density at radius 1 is 0.759 bits per heavy atom. The van der Waals surface area contributed by atoms with Gasteiger partial charge in [0.1, 0.15) is 29.1 Å². The number of H-pyrrole nitrogens is 2. The minimum Gasteiger partial charge on any atom is -0.469 e. The fraction of sp³-hybridized carbons (Fsp3) is 0.512. The predicted molar refractivity (Wildman–Crippen MR) is 201 cm³/mol. The fourth-order valence-electron chi connectivity index (χ4n) is 7.11. The molecule has 2 aliphatic heterocycles. The Hall–Kier alpha value is -5.56. The summed E-state index contributed by atoms with van der Waals surface area (Å²) in [5.41, 5.74) is 2.87. The van der Waals surface area contributed by atoms with Crippen molar-refractivity contribution in [2.45, 2.75) is 78.9 Å². The van der Waals surface area contributed by atoms with E-state index >= 15 is 0 Å². The molecule has 0 radical (unpaired) electrons. The maximum atomic E-state index is 13.6. The van der Waals surface area contributed by atoms with Crippen LogP contribution in [0.2, 0.25) is 0 Å². The molecule has 3 N–H and O–H groups in total. The molecule has 4 heterocycles. The summed E-state index contributed by atoms with van der Waals surface area (Å²) in [5.74, 6) is 13.3. The summed E-state index contributed by atoms with van der Waals surface area (Å²) >= 11 is 0. The molecule has 13 heteroatoms. The Balaban J connectivity index is 1.23. The molecule has 0 spiro atoms. The molecule has 0 unspecified atom stereocenters. The molecule has 3 aromatic rings. The number of amides is 3. The van der Waals surface area contributed by atoms with Crippen molar-refractivity contribution in [3.63, 3.8) is 0 Å². The topological polar surface area (TPSA) is 163 Å². The first-order valence-corrected chi connectivity index (χ1v) is 18.5. The number of aromatic amines is 2. The molecule has 1 aromatic carbocycles. The largest absolute Gasteiger partial charge is 0.469 e. The Bertz CT molecular complexity index is 1800. The number of benzene rings is 1. The summed E-state index contributed by atoms with van der Waals surface area (Å²) in [6, 6.07) is 6.40. The van der Waals surface area contributed by atoms with Gasteiger partial charge in [0.05, 0.1) is 51.0 Å². The molecule has 286 valence electrons. The first kappa shape index (κ1) is 39.6. The van der Waals surface area contributed by atoms with Crippen molar-refractivity contribution in [2.75, 3.05) is 27.3 Å². The Morgan fingerprint density at radius 3 is 1.67 bits per heavy atom. The van der Waals surface area contributed by atoms with Crippen molar-refractivity contribution in [3.8, 4) is 23.7 Å². The summed E-state index contributed by atoms with van der Waals surface area (Å²) in [6.07, 6.45) is 4.28. The third-order valence-corrected chi connectivity index (χ3v) is 10.1. The van der Waals surface area contributed by atoms with Crippen LogP contribution >= 0.6 is 0 Å². The third kappa shape index (κ3) is 9.51. The van der Waals surface area contributed by atoms with E-state index in [1.54, 1.807) is 17.3 Å². The van der Waals surface area contributed by atoms with Gasteiger partial charge in [0, 0.05) is 24.2 Å². The zero-order valence-electron chi connectivity index (χ0n) is 32.4. The lowest BCUT2D eigenvalue weighted by molar-refractivity contribution is -0.148. The summed E-state index contributed by atoms with van der Waals surface area (Å²) < 4.78 is 9.60. The number of carbonyl (C=O) groups is 4. The summed E-state index contributed by atoms with van der Waals surface area (Å²) in [5, 5.41) is 2.68. The van der Waals surface area contributed by atoms with Crippen molar-refractivity contribution in [2.24, 2.45) is 29.6 Å². The first-order valence-electron chi connectivity index (χ1n) is 18.5. The summed E-state index contributed by atoms with van der Waals surface area (Å²) in [4.78, 5) is 70.5. The van der Waals surface area contributed by atoms with Gasteiger partial charge in [-0.15, -0.1) is 0 Å². The van der Waals surface area contributed by atoms with Gasteiger partial charge in [-0.05, 0) is 72.6 Å². The van der Waals surface area contributed by atoms with Crippen molar-refractivity contribution < 1.29 is 28.7 Å². The molecule has 5 rings (SSSR count). The Morgan fingerprint density at radius 2 is 1.24 bits per heavy atom. The number of likely N-dealkylation sites (tertiary alicyclic amines) is 2. The average molecular weight is 738 g/mol. The highest BCUT2D eigenvalue weighted by atomic mass is 16.5. The second-order valence-electron chi connectivity index (χ2n) is 15.1. The zero-order chi connectivity index (χ0) is 39.1. The molecule has 2 fully saturated rings.